The quantitative estimate of drug-likeness (QED) is 0.376. The number of thioether (sulfide) groups is 1. The molecule has 0 aliphatic rings. The number of ether oxygens (including phenoxy) is 2. The van der Waals surface area contributed by atoms with Crippen molar-refractivity contribution in [3.05, 3.63) is 28.7 Å². The summed E-state index contributed by atoms with van der Waals surface area (Å²) in [5.74, 6) is -0.457. The summed E-state index contributed by atoms with van der Waals surface area (Å²) >= 11 is 2.68. The van der Waals surface area contributed by atoms with Crippen molar-refractivity contribution >= 4 is 45.9 Å². The van der Waals surface area contributed by atoms with Crippen molar-refractivity contribution in [1.29, 1.82) is 0 Å². The SMILES string of the molecule is C=CCOC(=O)c1sc(NC(=O)CCCSC)c(C(=O)OCC)c1C. The lowest BCUT2D eigenvalue weighted by Gasteiger charge is -2.07. The number of amides is 1. The van der Waals surface area contributed by atoms with Crippen LogP contribution in [0.5, 0.6) is 0 Å². The van der Waals surface area contributed by atoms with E-state index in [1.165, 1.54) is 6.08 Å². The van der Waals surface area contributed by atoms with E-state index in [0.29, 0.717) is 17.0 Å². The molecule has 0 aliphatic heterocycles. The molecule has 1 aromatic heterocycles. The molecule has 138 valence electrons. The molecule has 0 radical (unpaired) electrons. The van der Waals surface area contributed by atoms with E-state index in [1.54, 1.807) is 25.6 Å². The van der Waals surface area contributed by atoms with E-state index in [1.807, 2.05) is 6.26 Å². The van der Waals surface area contributed by atoms with Crippen molar-refractivity contribution in [1.82, 2.24) is 0 Å². The van der Waals surface area contributed by atoms with Crippen molar-refractivity contribution < 1.29 is 23.9 Å². The Kier molecular flexibility index (Phi) is 9.30. The van der Waals surface area contributed by atoms with Gasteiger partial charge in [0.05, 0.1) is 12.2 Å². The van der Waals surface area contributed by atoms with Crippen LogP contribution in [0.2, 0.25) is 0 Å². The Hall–Kier alpha value is -1.80. The highest BCUT2D eigenvalue weighted by atomic mass is 32.2. The van der Waals surface area contributed by atoms with Crippen LogP contribution in [0.15, 0.2) is 12.7 Å². The summed E-state index contributed by atoms with van der Waals surface area (Å²) in [6, 6.07) is 0. The van der Waals surface area contributed by atoms with E-state index in [9.17, 15) is 14.4 Å². The number of hydrogen-bond acceptors (Lipinski definition) is 7. The average Bonchev–Trinajstić information content (AvgIpc) is 2.89. The van der Waals surface area contributed by atoms with Crippen LogP contribution >= 0.6 is 23.1 Å². The number of thiophene rings is 1. The Bertz CT molecular complexity index is 639. The normalized spacial score (nSPS) is 10.2. The van der Waals surface area contributed by atoms with Gasteiger partial charge in [0.15, 0.2) is 0 Å². The molecule has 0 fully saturated rings. The van der Waals surface area contributed by atoms with Gasteiger partial charge in [-0.2, -0.15) is 11.8 Å². The van der Waals surface area contributed by atoms with Gasteiger partial charge >= 0.3 is 11.9 Å². The molecule has 0 unspecified atom stereocenters. The molecular weight excluding hydrogens is 362 g/mol. The molecule has 6 nitrogen and oxygen atoms in total. The third kappa shape index (κ3) is 6.21. The number of nitrogens with one attached hydrogen (secondary N) is 1. The predicted molar refractivity (Wildman–Crippen MR) is 102 cm³/mol. The third-order valence-electron chi connectivity index (χ3n) is 3.15. The molecule has 0 aromatic carbocycles. The predicted octanol–water partition coefficient (Wildman–Crippen LogP) is 3.66. The molecule has 0 aliphatic carbocycles. The second-order valence-corrected chi connectivity index (χ2v) is 7.02. The summed E-state index contributed by atoms with van der Waals surface area (Å²) in [4.78, 5) is 36.7. The number of esters is 2. The molecule has 1 heterocycles. The van der Waals surface area contributed by atoms with Crippen LogP contribution < -0.4 is 5.32 Å². The van der Waals surface area contributed by atoms with Crippen LogP contribution in [0.25, 0.3) is 0 Å². The van der Waals surface area contributed by atoms with E-state index in [2.05, 4.69) is 11.9 Å². The Labute approximate surface area is 156 Å². The summed E-state index contributed by atoms with van der Waals surface area (Å²) in [6.07, 6.45) is 4.51. The summed E-state index contributed by atoms with van der Waals surface area (Å²) in [6.45, 7) is 7.09. The molecule has 0 spiro atoms. The molecule has 0 saturated carbocycles. The number of hydrogen-bond donors (Lipinski definition) is 1. The van der Waals surface area contributed by atoms with Crippen LogP contribution in [0.1, 0.15) is 45.4 Å². The van der Waals surface area contributed by atoms with Crippen LogP contribution in [0.4, 0.5) is 5.00 Å². The van der Waals surface area contributed by atoms with E-state index < -0.39 is 11.9 Å². The second kappa shape index (κ2) is 10.9. The van der Waals surface area contributed by atoms with Gasteiger partial charge in [-0.1, -0.05) is 12.7 Å². The Morgan fingerprint density at radius 2 is 2.00 bits per heavy atom. The van der Waals surface area contributed by atoms with Gasteiger partial charge in [-0.25, -0.2) is 9.59 Å². The largest absolute Gasteiger partial charge is 0.462 e. The highest BCUT2D eigenvalue weighted by Crippen LogP contribution is 2.34. The molecule has 25 heavy (non-hydrogen) atoms. The number of carbonyl (C=O) groups is 3. The van der Waals surface area contributed by atoms with Gasteiger partial charge in [-0.15, -0.1) is 11.3 Å². The van der Waals surface area contributed by atoms with Gasteiger partial charge in [-0.3, -0.25) is 4.79 Å². The maximum absolute atomic E-state index is 12.2. The molecule has 1 aromatic rings. The van der Waals surface area contributed by atoms with Gasteiger partial charge in [0, 0.05) is 6.42 Å². The molecule has 0 bridgehead atoms. The standard InChI is InChI=1S/C17H23NO5S2/c1-5-9-23-17(21)14-11(3)13(16(20)22-6-2)15(25-14)18-12(19)8-7-10-24-4/h5H,1,6-10H2,2-4H3,(H,18,19). The maximum Gasteiger partial charge on any atom is 0.348 e. The van der Waals surface area contributed by atoms with Crippen LogP contribution in [0, 0.1) is 6.92 Å². The number of anilines is 1. The zero-order chi connectivity index (χ0) is 18.8. The lowest BCUT2D eigenvalue weighted by atomic mass is 10.1. The lowest BCUT2D eigenvalue weighted by Crippen LogP contribution is -2.14. The fourth-order valence-corrected chi connectivity index (χ4v) is 3.55. The summed E-state index contributed by atoms with van der Waals surface area (Å²) in [5.41, 5.74) is 0.646. The van der Waals surface area contributed by atoms with Gasteiger partial charge in [-0.05, 0) is 37.8 Å². The van der Waals surface area contributed by atoms with Crippen LogP contribution in [-0.2, 0) is 14.3 Å². The fourth-order valence-electron chi connectivity index (χ4n) is 2.01. The van der Waals surface area contributed by atoms with Crippen molar-refractivity contribution in [2.75, 3.05) is 30.5 Å². The molecule has 0 saturated heterocycles. The minimum atomic E-state index is -0.571. The first-order valence-electron chi connectivity index (χ1n) is 7.83. The smallest absolute Gasteiger partial charge is 0.348 e. The zero-order valence-electron chi connectivity index (χ0n) is 14.7. The van der Waals surface area contributed by atoms with Crippen molar-refractivity contribution in [2.24, 2.45) is 0 Å². The van der Waals surface area contributed by atoms with Gasteiger partial charge < -0.3 is 14.8 Å². The molecule has 1 amide bonds. The van der Waals surface area contributed by atoms with Gasteiger partial charge in [0.2, 0.25) is 5.91 Å². The molecule has 1 rings (SSSR count). The first-order chi connectivity index (χ1) is 12.0. The van der Waals surface area contributed by atoms with E-state index in [-0.39, 0.29) is 29.6 Å². The van der Waals surface area contributed by atoms with Crippen LogP contribution in [-0.4, -0.2) is 43.1 Å². The van der Waals surface area contributed by atoms with Crippen molar-refractivity contribution in [3.63, 3.8) is 0 Å². The minimum absolute atomic E-state index is 0.0707. The first kappa shape index (κ1) is 21.2. The molecule has 1 N–H and O–H groups in total. The van der Waals surface area contributed by atoms with Gasteiger partial charge in [0.25, 0.3) is 0 Å². The molecule has 0 atom stereocenters. The highest BCUT2D eigenvalue weighted by Gasteiger charge is 2.27. The molecule has 8 heteroatoms. The second-order valence-electron chi connectivity index (χ2n) is 5.01. The topological polar surface area (TPSA) is 81.7 Å². The summed E-state index contributed by atoms with van der Waals surface area (Å²) in [5, 5.41) is 3.04. The fraction of sp³-hybridized carbons (Fsp3) is 0.471. The van der Waals surface area contributed by atoms with E-state index in [0.717, 1.165) is 23.5 Å². The van der Waals surface area contributed by atoms with E-state index >= 15 is 0 Å². The van der Waals surface area contributed by atoms with Crippen molar-refractivity contribution in [2.45, 2.75) is 26.7 Å². The maximum atomic E-state index is 12.2. The number of carbonyl (C=O) groups excluding carboxylic acids is 3. The summed E-state index contributed by atoms with van der Waals surface area (Å²) in [7, 11) is 0. The van der Waals surface area contributed by atoms with Crippen molar-refractivity contribution in [3.8, 4) is 0 Å². The highest BCUT2D eigenvalue weighted by molar-refractivity contribution is 7.98. The Morgan fingerprint density at radius 1 is 1.28 bits per heavy atom. The monoisotopic (exact) mass is 385 g/mol. The zero-order valence-corrected chi connectivity index (χ0v) is 16.3. The number of rotatable bonds is 10. The van der Waals surface area contributed by atoms with E-state index in [4.69, 9.17) is 9.47 Å². The lowest BCUT2D eigenvalue weighted by molar-refractivity contribution is -0.116. The van der Waals surface area contributed by atoms with Crippen LogP contribution in [0.3, 0.4) is 0 Å². The Morgan fingerprint density at radius 3 is 2.60 bits per heavy atom. The minimum Gasteiger partial charge on any atom is -0.462 e. The van der Waals surface area contributed by atoms with Gasteiger partial charge in [0.1, 0.15) is 16.5 Å². The Balaban J connectivity index is 3.07. The average molecular weight is 386 g/mol. The third-order valence-corrected chi connectivity index (χ3v) is 5.03. The summed E-state index contributed by atoms with van der Waals surface area (Å²) < 4.78 is 10.1. The molecular formula is C17H23NO5S2. The first-order valence-corrected chi connectivity index (χ1v) is 10.0.